The van der Waals surface area contributed by atoms with Gasteiger partial charge in [0.15, 0.2) is 0 Å². The third-order valence-electron chi connectivity index (χ3n) is 5.93. The van der Waals surface area contributed by atoms with Gasteiger partial charge in [-0.2, -0.15) is 5.10 Å². The van der Waals surface area contributed by atoms with E-state index in [2.05, 4.69) is 17.3 Å². The molecule has 2 aromatic carbocycles. The van der Waals surface area contributed by atoms with Crippen LogP contribution in [0.15, 0.2) is 42.5 Å². The first-order chi connectivity index (χ1) is 15.4. The molecule has 1 N–H and O–H groups in total. The Labute approximate surface area is 194 Å². The number of carbonyl (C=O) groups excluding carboxylic acids is 1. The predicted molar refractivity (Wildman–Crippen MR) is 127 cm³/mol. The smallest absolute Gasteiger partial charge is 0.322 e. The molecule has 0 aliphatic carbocycles. The second-order valence-electron chi connectivity index (χ2n) is 8.24. The summed E-state index contributed by atoms with van der Waals surface area (Å²) in [6.45, 7) is 6.10. The van der Waals surface area contributed by atoms with Crippen molar-refractivity contribution in [3.05, 3.63) is 81.1 Å². The van der Waals surface area contributed by atoms with E-state index in [0.29, 0.717) is 31.3 Å². The minimum absolute atomic E-state index is 0.0953. The van der Waals surface area contributed by atoms with E-state index in [1.807, 2.05) is 66.0 Å². The lowest BCUT2D eigenvalue weighted by Gasteiger charge is -2.28. The van der Waals surface area contributed by atoms with Gasteiger partial charge in [0, 0.05) is 42.0 Å². The summed E-state index contributed by atoms with van der Waals surface area (Å²) >= 11 is 6.32. The van der Waals surface area contributed by atoms with Gasteiger partial charge in [-0.25, -0.2) is 4.79 Å². The average Bonchev–Trinajstić information content (AvgIpc) is 3.10. The summed E-state index contributed by atoms with van der Waals surface area (Å²) in [6, 6.07) is 13.8. The Bertz CT molecular complexity index is 1110. The number of amides is 2. The van der Waals surface area contributed by atoms with E-state index in [-0.39, 0.29) is 6.03 Å². The largest absolute Gasteiger partial charge is 0.370 e. The first-order valence-corrected chi connectivity index (χ1v) is 11.3. The molecule has 0 saturated heterocycles. The second-order valence-corrected chi connectivity index (χ2v) is 8.64. The van der Waals surface area contributed by atoms with E-state index in [9.17, 15) is 4.79 Å². The Morgan fingerprint density at radius 1 is 1.19 bits per heavy atom. The third kappa shape index (κ3) is 4.97. The number of aryl methyl sites for hydroxylation is 3. The first kappa shape index (κ1) is 22.4. The highest BCUT2D eigenvalue weighted by molar-refractivity contribution is 6.31. The molecule has 6 nitrogen and oxygen atoms in total. The molecule has 32 heavy (non-hydrogen) atoms. The van der Waals surface area contributed by atoms with Crippen LogP contribution in [0.3, 0.4) is 0 Å². The number of anilines is 1. The molecular formula is C25H29ClN4O2. The molecule has 0 saturated carbocycles. The molecule has 0 radical (unpaired) electrons. The lowest BCUT2D eigenvalue weighted by Crippen LogP contribution is -2.39. The maximum atomic E-state index is 12.9. The summed E-state index contributed by atoms with van der Waals surface area (Å²) in [5.74, 6) is 0. The van der Waals surface area contributed by atoms with Gasteiger partial charge in [-0.1, -0.05) is 42.8 Å². The molecule has 3 aromatic rings. The first-order valence-electron chi connectivity index (χ1n) is 11.0. The van der Waals surface area contributed by atoms with Gasteiger partial charge in [-0.3, -0.25) is 4.68 Å². The summed E-state index contributed by atoms with van der Waals surface area (Å²) in [5, 5.41) is 8.38. The van der Waals surface area contributed by atoms with Crippen LogP contribution in [0.5, 0.6) is 0 Å². The highest BCUT2D eigenvalue weighted by Gasteiger charge is 2.26. The third-order valence-corrected chi connectivity index (χ3v) is 6.28. The monoisotopic (exact) mass is 452 g/mol. The van der Waals surface area contributed by atoms with Gasteiger partial charge in [0.25, 0.3) is 0 Å². The van der Waals surface area contributed by atoms with Crippen molar-refractivity contribution >= 4 is 23.3 Å². The fraction of sp³-hybridized carbons (Fsp3) is 0.360. The fourth-order valence-corrected chi connectivity index (χ4v) is 4.30. The number of hydrogen-bond donors (Lipinski definition) is 1. The molecule has 0 unspecified atom stereocenters. The van der Waals surface area contributed by atoms with E-state index in [4.69, 9.17) is 16.3 Å². The van der Waals surface area contributed by atoms with Gasteiger partial charge in [0.1, 0.15) is 0 Å². The van der Waals surface area contributed by atoms with E-state index >= 15 is 0 Å². The van der Waals surface area contributed by atoms with Crippen LogP contribution in [-0.4, -0.2) is 27.3 Å². The maximum Gasteiger partial charge on any atom is 0.322 e. The van der Waals surface area contributed by atoms with Gasteiger partial charge < -0.3 is 15.0 Å². The number of carbonyl (C=O) groups is 1. The quantitative estimate of drug-likeness (QED) is 0.555. The van der Waals surface area contributed by atoms with Crippen LogP contribution in [0.4, 0.5) is 10.5 Å². The van der Waals surface area contributed by atoms with Crippen LogP contribution in [-0.2, 0) is 44.4 Å². The van der Waals surface area contributed by atoms with Crippen LogP contribution in [0, 0.1) is 6.92 Å². The van der Waals surface area contributed by atoms with Crippen LogP contribution < -0.4 is 5.32 Å². The fourth-order valence-electron chi connectivity index (χ4n) is 4.01. The zero-order valence-electron chi connectivity index (χ0n) is 18.8. The highest BCUT2D eigenvalue weighted by Crippen LogP contribution is 2.25. The summed E-state index contributed by atoms with van der Waals surface area (Å²) < 4.78 is 7.85. The zero-order valence-corrected chi connectivity index (χ0v) is 19.6. The number of urea groups is 1. The lowest BCUT2D eigenvalue weighted by molar-refractivity contribution is 0.103. The highest BCUT2D eigenvalue weighted by atomic mass is 35.5. The van der Waals surface area contributed by atoms with Gasteiger partial charge in [-0.05, 0) is 48.2 Å². The molecule has 0 bridgehead atoms. The topological polar surface area (TPSA) is 59.4 Å². The van der Waals surface area contributed by atoms with Crippen molar-refractivity contribution in [2.24, 2.45) is 7.05 Å². The van der Waals surface area contributed by atoms with Gasteiger partial charge >= 0.3 is 6.03 Å². The van der Waals surface area contributed by atoms with Crippen molar-refractivity contribution in [1.82, 2.24) is 14.7 Å². The number of hydrogen-bond acceptors (Lipinski definition) is 3. The van der Waals surface area contributed by atoms with Crippen molar-refractivity contribution in [3.63, 3.8) is 0 Å². The van der Waals surface area contributed by atoms with Crippen LogP contribution in [0.2, 0.25) is 5.02 Å². The minimum Gasteiger partial charge on any atom is -0.370 e. The Kier molecular flexibility index (Phi) is 6.82. The lowest BCUT2D eigenvalue weighted by atomic mass is 10.1. The summed E-state index contributed by atoms with van der Waals surface area (Å²) in [4.78, 5) is 14.7. The molecule has 1 aliphatic rings. The van der Waals surface area contributed by atoms with Crippen molar-refractivity contribution < 1.29 is 9.53 Å². The van der Waals surface area contributed by atoms with E-state index < -0.39 is 0 Å². The molecule has 2 amide bonds. The van der Waals surface area contributed by atoms with Crippen molar-refractivity contribution in [1.29, 1.82) is 0 Å². The van der Waals surface area contributed by atoms with Crippen molar-refractivity contribution in [2.45, 2.75) is 46.4 Å². The average molecular weight is 453 g/mol. The van der Waals surface area contributed by atoms with E-state index in [1.165, 1.54) is 5.56 Å². The molecule has 0 fully saturated rings. The standard InChI is InChI=1S/C25H29ClN4O2/c1-4-18-6-9-20(10-7-18)27-25(31)30-12-11-24-21(14-30)23(28-29(24)3)16-32-15-19-8-5-17(2)13-22(19)26/h5-10,13H,4,11-12,14-16H2,1-3H3,(H,27,31). The Morgan fingerprint density at radius 2 is 1.97 bits per heavy atom. The normalized spacial score (nSPS) is 13.2. The van der Waals surface area contributed by atoms with Crippen molar-refractivity contribution in [3.8, 4) is 0 Å². The summed E-state index contributed by atoms with van der Waals surface area (Å²) in [7, 11) is 1.95. The number of benzene rings is 2. The zero-order chi connectivity index (χ0) is 22.7. The molecule has 7 heteroatoms. The number of nitrogens with zero attached hydrogens (tertiary/aromatic N) is 3. The van der Waals surface area contributed by atoms with Crippen molar-refractivity contribution in [2.75, 3.05) is 11.9 Å². The number of rotatable bonds is 6. The predicted octanol–water partition coefficient (Wildman–Crippen LogP) is 5.25. The summed E-state index contributed by atoms with van der Waals surface area (Å²) in [6.07, 6.45) is 1.75. The van der Waals surface area contributed by atoms with Crippen LogP contribution in [0.1, 0.15) is 40.6 Å². The van der Waals surface area contributed by atoms with Crippen LogP contribution in [0.25, 0.3) is 0 Å². The number of ether oxygens (including phenoxy) is 1. The molecule has 4 rings (SSSR count). The Morgan fingerprint density at radius 3 is 2.69 bits per heavy atom. The van der Waals surface area contributed by atoms with Gasteiger partial charge in [-0.15, -0.1) is 0 Å². The Hall–Kier alpha value is -2.83. The van der Waals surface area contributed by atoms with E-state index in [1.54, 1.807) is 0 Å². The van der Waals surface area contributed by atoms with E-state index in [0.717, 1.165) is 46.6 Å². The Balaban J connectivity index is 1.40. The molecule has 0 atom stereocenters. The molecule has 2 heterocycles. The SMILES string of the molecule is CCc1ccc(NC(=O)N2CCc3c(c(COCc4ccc(C)cc4Cl)nn3C)C2)cc1. The maximum absolute atomic E-state index is 12.9. The van der Waals surface area contributed by atoms with Gasteiger partial charge in [0.05, 0.1) is 25.5 Å². The number of fused-ring (bicyclic) bond motifs is 1. The summed E-state index contributed by atoms with van der Waals surface area (Å²) in [5.41, 5.74) is 7.24. The van der Waals surface area contributed by atoms with Crippen LogP contribution >= 0.6 is 11.6 Å². The number of aromatic nitrogens is 2. The number of halogens is 1. The molecular weight excluding hydrogens is 424 g/mol. The second kappa shape index (κ2) is 9.76. The molecule has 1 aliphatic heterocycles. The minimum atomic E-state index is -0.0953. The number of nitrogens with one attached hydrogen (secondary N) is 1. The molecule has 0 spiro atoms. The molecule has 1 aromatic heterocycles. The van der Waals surface area contributed by atoms with Gasteiger partial charge in [0.2, 0.25) is 0 Å². The molecule has 168 valence electrons.